The lowest BCUT2D eigenvalue weighted by molar-refractivity contribution is -0.121. The third-order valence-corrected chi connectivity index (χ3v) is 4.66. The number of ether oxygens (including phenoxy) is 2. The summed E-state index contributed by atoms with van der Waals surface area (Å²) in [5.41, 5.74) is 1.92. The predicted octanol–water partition coefficient (Wildman–Crippen LogP) is 1.95. The average Bonchev–Trinajstić information content (AvgIpc) is 3.01. The minimum absolute atomic E-state index is 0.111. The van der Waals surface area contributed by atoms with E-state index in [1.807, 2.05) is 24.3 Å². The Labute approximate surface area is 163 Å². The molecule has 1 atom stereocenters. The highest BCUT2D eigenvalue weighted by Crippen LogP contribution is 2.23. The smallest absolute Gasteiger partial charge is 0.337 e. The predicted molar refractivity (Wildman–Crippen MR) is 103 cm³/mol. The van der Waals surface area contributed by atoms with E-state index >= 15 is 0 Å². The molecule has 0 radical (unpaired) electrons. The van der Waals surface area contributed by atoms with Gasteiger partial charge in [-0.1, -0.05) is 12.1 Å². The summed E-state index contributed by atoms with van der Waals surface area (Å²) in [4.78, 5) is 37.7. The van der Waals surface area contributed by atoms with Crippen LogP contribution >= 0.6 is 0 Å². The molecule has 0 aliphatic carbocycles. The first-order valence-corrected chi connectivity index (χ1v) is 8.95. The van der Waals surface area contributed by atoms with Crippen LogP contribution in [0.15, 0.2) is 48.5 Å². The van der Waals surface area contributed by atoms with Gasteiger partial charge in [-0.05, 0) is 54.9 Å². The van der Waals surface area contributed by atoms with Gasteiger partial charge >= 0.3 is 5.97 Å². The molecule has 3 rings (SSSR count). The van der Waals surface area contributed by atoms with Crippen molar-refractivity contribution in [2.24, 2.45) is 0 Å². The summed E-state index contributed by atoms with van der Waals surface area (Å²) in [6.45, 7) is 0.575. The zero-order valence-corrected chi connectivity index (χ0v) is 15.8. The topological polar surface area (TPSA) is 84.9 Å². The second kappa shape index (κ2) is 8.67. The van der Waals surface area contributed by atoms with Crippen molar-refractivity contribution < 1.29 is 23.9 Å². The Bertz CT molecular complexity index is 861. The van der Waals surface area contributed by atoms with Gasteiger partial charge in [0, 0.05) is 0 Å². The Kier molecular flexibility index (Phi) is 6.06. The van der Waals surface area contributed by atoms with E-state index in [1.54, 1.807) is 19.2 Å². The number of anilines is 1. The molecule has 0 unspecified atom stereocenters. The Hall–Kier alpha value is -3.19. The maximum Gasteiger partial charge on any atom is 0.337 e. The van der Waals surface area contributed by atoms with Crippen LogP contribution < -0.4 is 15.0 Å². The van der Waals surface area contributed by atoms with E-state index in [-0.39, 0.29) is 18.2 Å². The maximum atomic E-state index is 12.7. The average molecular weight is 382 g/mol. The standard InChI is InChI=1S/C21H22N2O5/c1-27-17-9-3-14(4-10-17)11-12-22-18-13-19(24)23(20(18)25)16-7-5-15(6-8-16)21(26)28-2/h3-10,18,22H,11-13H2,1-2H3/t18-/m0/s1. The summed E-state index contributed by atoms with van der Waals surface area (Å²) in [6, 6.07) is 13.4. The number of carbonyl (C=O) groups excluding carboxylic acids is 3. The van der Waals surface area contributed by atoms with Gasteiger partial charge in [-0.2, -0.15) is 0 Å². The molecule has 1 aliphatic rings. The van der Waals surface area contributed by atoms with Crippen LogP contribution in [0.25, 0.3) is 0 Å². The Morgan fingerprint density at radius 2 is 1.75 bits per heavy atom. The lowest BCUT2D eigenvalue weighted by Crippen LogP contribution is -2.39. The highest BCUT2D eigenvalue weighted by Gasteiger charge is 2.39. The molecular formula is C21H22N2O5. The number of imide groups is 1. The molecule has 1 heterocycles. The largest absolute Gasteiger partial charge is 0.497 e. The molecule has 1 N–H and O–H groups in total. The van der Waals surface area contributed by atoms with Crippen molar-refractivity contribution in [1.82, 2.24) is 5.32 Å². The third-order valence-electron chi connectivity index (χ3n) is 4.66. The molecule has 28 heavy (non-hydrogen) atoms. The van der Waals surface area contributed by atoms with Crippen molar-refractivity contribution in [1.29, 1.82) is 0 Å². The zero-order valence-electron chi connectivity index (χ0n) is 15.8. The van der Waals surface area contributed by atoms with Gasteiger partial charge in [-0.25, -0.2) is 9.69 Å². The first-order valence-electron chi connectivity index (χ1n) is 8.95. The number of amides is 2. The summed E-state index contributed by atoms with van der Waals surface area (Å²) in [7, 11) is 2.92. The number of benzene rings is 2. The van der Waals surface area contributed by atoms with Crippen molar-refractivity contribution in [3.05, 3.63) is 59.7 Å². The fourth-order valence-corrected chi connectivity index (χ4v) is 3.11. The molecule has 2 aromatic rings. The number of carbonyl (C=O) groups is 3. The number of nitrogens with one attached hydrogen (secondary N) is 1. The normalized spacial score (nSPS) is 16.4. The molecule has 0 saturated carbocycles. The van der Waals surface area contributed by atoms with Crippen LogP contribution in [0.3, 0.4) is 0 Å². The molecule has 7 heteroatoms. The fraction of sp³-hybridized carbons (Fsp3) is 0.286. The van der Waals surface area contributed by atoms with Crippen LogP contribution in [-0.4, -0.2) is 44.6 Å². The van der Waals surface area contributed by atoms with E-state index in [2.05, 4.69) is 10.1 Å². The number of nitrogens with zero attached hydrogens (tertiary/aromatic N) is 1. The minimum Gasteiger partial charge on any atom is -0.497 e. The van der Waals surface area contributed by atoms with E-state index in [0.29, 0.717) is 17.8 Å². The van der Waals surface area contributed by atoms with Crippen LogP contribution in [0.1, 0.15) is 22.3 Å². The van der Waals surface area contributed by atoms with Crippen molar-refractivity contribution in [2.45, 2.75) is 18.9 Å². The number of methoxy groups -OCH3 is 2. The van der Waals surface area contributed by atoms with Gasteiger partial charge in [0.1, 0.15) is 5.75 Å². The molecule has 0 spiro atoms. The van der Waals surface area contributed by atoms with E-state index < -0.39 is 12.0 Å². The first kappa shape index (κ1) is 19.6. The second-order valence-corrected chi connectivity index (χ2v) is 6.41. The Balaban J connectivity index is 1.59. The first-order chi connectivity index (χ1) is 13.5. The number of esters is 1. The van der Waals surface area contributed by atoms with Gasteiger partial charge in [-0.3, -0.25) is 9.59 Å². The van der Waals surface area contributed by atoms with Crippen molar-refractivity contribution >= 4 is 23.5 Å². The Morgan fingerprint density at radius 3 is 2.36 bits per heavy atom. The van der Waals surface area contributed by atoms with Gasteiger partial charge in [-0.15, -0.1) is 0 Å². The highest BCUT2D eigenvalue weighted by atomic mass is 16.5. The monoisotopic (exact) mass is 382 g/mol. The third kappa shape index (κ3) is 4.20. The van der Waals surface area contributed by atoms with Crippen molar-refractivity contribution in [3.63, 3.8) is 0 Å². The molecule has 7 nitrogen and oxygen atoms in total. The van der Waals surface area contributed by atoms with E-state index in [1.165, 1.54) is 19.2 Å². The summed E-state index contributed by atoms with van der Waals surface area (Å²) < 4.78 is 9.78. The molecule has 1 fully saturated rings. The molecule has 2 aromatic carbocycles. The van der Waals surface area contributed by atoms with Gasteiger partial charge in [0.15, 0.2) is 0 Å². The quantitative estimate of drug-likeness (QED) is 0.582. The van der Waals surface area contributed by atoms with E-state index in [0.717, 1.165) is 22.6 Å². The molecule has 2 amide bonds. The van der Waals surface area contributed by atoms with Crippen molar-refractivity contribution in [3.8, 4) is 5.75 Å². The lowest BCUT2D eigenvalue weighted by atomic mass is 10.1. The van der Waals surface area contributed by atoms with Crippen LogP contribution in [0, 0.1) is 0 Å². The number of hydrogen-bond acceptors (Lipinski definition) is 6. The van der Waals surface area contributed by atoms with E-state index in [4.69, 9.17) is 4.74 Å². The number of rotatable bonds is 7. The SMILES string of the molecule is COC(=O)c1ccc(N2C(=O)C[C@H](NCCc3ccc(OC)cc3)C2=O)cc1. The molecule has 1 aliphatic heterocycles. The van der Waals surface area contributed by atoms with Gasteiger partial charge < -0.3 is 14.8 Å². The minimum atomic E-state index is -0.550. The molecule has 0 aromatic heterocycles. The maximum absolute atomic E-state index is 12.7. The lowest BCUT2D eigenvalue weighted by Gasteiger charge is -2.16. The Morgan fingerprint density at radius 1 is 1.07 bits per heavy atom. The van der Waals surface area contributed by atoms with Crippen LogP contribution in [-0.2, 0) is 20.7 Å². The van der Waals surface area contributed by atoms with Crippen LogP contribution in [0.5, 0.6) is 5.75 Å². The fourth-order valence-electron chi connectivity index (χ4n) is 3.11. The van der Waals surface area contributed by atoms with Crippen LogP contribution in [0.2, 0.25) is 0 Å². The summed E-state index contributed by atoms with van der Waals surface area (Å²) in [5, 5.41) is 3.16. The van der Waals surface area contributed by atoms with Crippen molar-refractivity contribution in [2.75, 3.05) is 25.7 Å². The van der Waals surface area contributed by atoms with Gasteiger partial charge in [0.05, 0.1) is 37.9 Å². The van der Waals surface area contributed by atoms with Gasteiger partial charge in [0.2, 0.25) is 5.91 Å². The summed E-state index contributed by atoms with van der Waals surface area (Å²) in [6.07, 6.45) is 0.843. The highest BCUT2D eigenvalue weighted by molar-refractivity contribution is 6.22. The second-order valence-electron chi connectivity index (χ2n) is 6.41. The molecular weight excluding hydrogens is 360 g/mol. The zero-order chi connectivity index (χ0) is 20.1. The van der Waals surface area contributed by atoms with Gasteiger partial charge in [0.25, 0.3) is 5.91 Å². The van der Waals surface area contributed by atoms with Crippen LogP contribution in [0.4, 0.5) is 5.69 Å². The molecule has 1 saturated heterocycles. The summed E-state index contributed by atoms with van der Waals surface area (Å²) in [5.74, 6) is -0.228. The number of hydrogen-bond donors (Lipinski definition) is 1. The summed E-state index contributed by atoms with van der Waals surface area (Å²) >= 11 is 0. The molecule has 0 bridgehead atoms. The van der Waals surface area contributed by atoms with E-state index in [9.17, 15) is 14.4 Å². The molecule has 146 valence electrons.